The van der Waals surface area contributed by atoms with Crippen molar-refractivity contribution in [1.82, 2.24) is 5.32 Å². The third-order valence-electron chi connectivity index (χ3n) is 2.76. The zero-order valence-electron chi connectivity index (χ0n) is 9.75. The maximum absolute atomic E-state index is 13.4. The first kappa shape index (κ1) is 13.5. The van der Waals surface area contributed by atoms with Gasteiger partial charge in [0.15, 0.2) is 0 Å². The van der Waals surface area contributed by atoms with E-state index in [-0.39, 0.29) is 11.9 Å². The molecule has 0 fully saturated rings. The van der Waals surface area contributed by atoms with Crippen LogP contribution in [0.5, 0.6) is 0 Å². The zero-order chi connectivity index (χ0) is 13.1. The fourth-order valence-electron chi connectivity index (χ4n) is 1.89. The van der Waals surface area contributed by atoms with E-state index in [0.717, 1.165) is 15.6 Å². The average Bonchev–Trinajstić information content (AvgIpc) is 2.37. The highest BCUT2D eigenvalue weighted by Crippen LogP contribution is 2.29. The van der Waals surface area contributed by atoms with Crippen molar-refractivity contribution in [3.05, 3.63) is 68.9 Å². The summed E-state index contributed by atoms with van der Waals surface area (Å²) in [7, 11) is 1.84. The Hall–Kier alpha value is -0.900. The van der Waals surface area contributed by atoms with Gasteiger partial charge in [0.2, 0.25) is 0 Å². The molecule has 0 saturated heterocycles. The van der Waals surface area contributed by atoms with Crippen molar-refractivity contribution in [2.75, 3.05) is 7.05 Å². The maximum atomic E-state index is 13.4. The second kappa shape index (κ2) is 5.83. The van der Waals surface area contributed by atoms with Crippen LogP contribution in [0, 0.1) is 5.82 Å². The highest BCUT2D eigenvalue weighted by Gasteiger charge is 2.15. The van der Waals surface area contributed by atoms with Gasteiger partial charge in [0.25, 0.3) is 0 Å². The van der Waals surface area contributed by atoms with Crippen molar-refractivity contribution in [1.29, 1.82) is 0 Å². The summed E-state index contributed by atoms with van der Waals surface area (Å²) >= 11 is 9.32. The molecule has 0 radical (unpaired) electrons. The first-order valence-corrected chi connectivity index (χ1v) is 6.66. The van der Waals surface area contributed by atoms with Crippen LogP contribution in [0.3, 0.4) is 0 Å². The molecule has 0 aliphatic heterocycles. The van der Waals surface area contributed by atoms with Gasteiger partial charge in [0.05, 0.1) is 6.04 Å². The Labute approximate surface area is 119 Å². The summed E-state index contributed by atoms with van der Waals surface area (Å²) in [6, 6.07) is 12.1. The Morgan fingerprint density at radius 2 is 1.83 bits per heavy atom. The van der Waals surface area contributed by atoms with Gasteiger partial charge in [-0.15, -0.1) is 0 Å². The van der Waals surface area contributed by atoms with Gasteiger partial charge in [-0.3, -0.25) is 0 Å². The second-order valence-corrected chi connectivity index (χ2v) is 5.23. The molecule has 4 heteroatoms. The minimum atomic E-state index is -0.248. The highest BCUT2D eigenvalue weighted by atomic mass is 79.9. The van der Waals surface area contributed by atoms with Crippen molar-refractivity contribution in [3.63, 3.8) is 0 Å². The third kappa shape index (κ3) is 2.91. The van der Waals surface area contributed by atoms with Crippen molar-refractivity contribution in [3.8, 4) is 0 Å². The molecule has 18 heavy (non-hydrogen) atoms. The monoisotopic (exact) mass is 327 g/mol. The summed E-state index contributed by atoms with van der Waals surface area (Å²) < 4.78 is 14.2. The number of hydrogen-bond acceptors (Lipinski definition) is 1. The van der Waals surface area contributed by atoms with E-state index in [1.54, 1.807) is 6.07 Å². The van der Waals surface area contributed by atoms with E-state index >= 15 is 0 Å². The Morgan fingerprint density at radius 3 is 2.44 bits per heavy atom. The Morgan fingerprint density at radius 1 is 1.17 bits per heavy atom. The van der Waals surface area contributed by atoms with E-state index in [1.165, 1.54) is 12.1 Å². The smallest absolute Gasteiger partial charge is 0.123 e. The van der Waals surface area contributed by atoms with Gasteiger partial charge in [0.1, 0.15) is 5.82 Å². The molecule has 1 nitrogen and oxygen atoms in total. The van der Waals surface area contributed by atoms with Gasteiger partial charge in [-0.25, -0.2) is 4.39 Å². The fraction of sp³-hybridized carbons (Fsp3) is 0.143. The van der Waals surface area contributed by atoms with Crippen LogP contribution < -0.4 is 5.32 Å². The lowest BCUT2D eigenvalue weighted by atomic mass is 9.99. The molecule has 0 aromatic heterocycles. The number of halogens is 3. The predicted octanol–water partition coefficient (Wildman–Crippen LogP) is 4.55. The quantitative estimate of drug-likeness (QED) is 0.871. The van der Waals surface area contributed by atoms with Crippen LogP contribution >= 0.6 is 27.5 Å². The molecule has 0 spiro atoms. The summed E-state index contributed by atoms with van der Waals surface area (Å²) in [5.41, 5.74) is 1.90. The molecule has 0 aliphatic carbocycles. The number of benzene rings is 2. The molecule has 2 aromatic carbocycles. The minimum absolute atomic E-state index is 0.0765. The molecule has 2 aromatic rings. The number of rotatable bonds is 3. The summed E-state index contributed by atoms with van der Waals surface area (Å²) in [6.07, 6.45) is 0. The Balaban J connectivity index is 2.44. The van der Waals surface area contributed by atoms with Crippen molar-refractivity contribution in [2.24, 2.45) is 0 Å². The van der Waals surface area contributed by atoms with Gasteiger partial charge >= 0.3 is 0 Å². The fourth-order valence-corrected chi connectivity index (χ4v) is 2.49. The van der Waals surface area contributed by atoms with Crippen LogP contribution in [0.15, 0.2) is 46.9 Å². The molecule has 0 saturated carbocycles. The van der Waals surface area contributed by atoms with Crippen molar-refractivity contribution >= 4 is 27.5 Å². The van der Waals surface area contributed by atoms with E-state index < -0.39 is 0 Å². The van der Waals surface area contributed by atoms with Gasteiger partial charge in [-0.05, 0) is 48.5 Å². The van der Waals surface area contributed by atoms with E-state index in [2.05, 4.69) is 21.2 Å². The topological polar surface area (TPSA) is 12.0 Å². The lowest BCUT2D eigenvalue weighted by Crippen LogP contribution is -2.18. The molecular weight excluding hydrogens is 317 g/mol. The van der Waals surface area contributed by atoms with Crippen LogP contribution in [-0.4, -0.2) is 7.05 Å². The zero-order valence-corrected chi connectivity index (χ0v) is 12.1. The number of nitrogens with one attached hydrogen (secondary N) is 1. The number of hydrogen-bond donors (Lipinski definition) is 1. The average molecular weight is 329 g/mol. The predicted molar refractivity (Wildman–Crippen MR) is 76.5 cm³/mol. The third-order valence-corrected chi connectivity index (χ3v) is 3.74. The molecule has 94 valence electrons. The van der Waals surface area contributed by atoms with E-state index in [0.29, 0.717) is 5.02 Å². The molecule has 0 heterocycles. The minimum Gasteiger partial charge on any atom is -0.309 e. The summed E-state index contributed by atoms with van der Waals surface area (Å²) in [5.74, 6) is -0.248. The van der Waals surface area contributed by atoms with Crippen LogP contribution in [-0.2, 0) is 0 Å². The molecule has 1 unspecified atom stereocenters. The lowest BCUT2D eigenvalue weighted by molar-refractivity contribution is 0.615. The first-order chi connectivity index (χ1) is 8.61. The highest BCUT2D eigenvalue weighted by molar-refractivity contribution is 9.10. The van der Waals surface area contributed by atoms with Crippen LogP contribution in [0.25, 0.3) is 0 Å². The molecule has 1 atom stereocenters. The molecule has 2 rings (SSSR count). The second-order valence-electron chi connectivity index (χ2n) is 3.94. The Bertz CT molecular complexity index is 542. The van der Waals surface area contributed by atoms with E-state index in [1.807, 2.05) is 31.3 Å². The SMILES string of the molecule is CNC(c1ccc(Cl)cc1)c1cc(F)ccc1Br. The van der Waals surface area contributed by atoms with Gasteiger partial charge in [-0.2, -0.15) is 0 Å². The standard InChI is InChI=1S/C14H12BrClFN/c1-18-14(9-2-4-10(16)5-3-9)12-8-11(17)6-7-13(12)15/h2-8,14,18H,1H3. The first-order valence-electron chi connectivity index (χ1n) is 5.49. The normalized spacial score (nSPS) is 12.4. The summed E-state index contributed by atoms with van der Waals surface area (Å²) in [6.45, 7) is 0. The molecule has 1 N–H and O–H groups in total. The van der Waals surface area contributed by atoms with Crippen molar-refractivity contribution < 1.29 is 4.39 Å². The van der Waals surface area contributed by atoms with Crippen LogP contribution in [0.4, 0.5) is 4.39 Å². The maximum Gasteiger partial charge on any atom is 0.123 e. The van der Waals surface area contributed by atoms with Crippen LogP contribution in [0.1, 0.15) is 17.2 Å². The summed E-state index contributed by atoms with van der Waals surface area (Å²) in [4.78, 5) is 0. The van der Waals surface area contributed by atoms with Gasteiger partial charge in [0, 0.05) is 9.50 Å². The summed E-state index contributed by atoms with van der Waals surface area (Å²) in [5, 5.41) is 3.87. The van der Waals surface area contributed by atoms with Crippen molar-refractivity contribution in [2.45, 2.75) is 6.04 Å². The van der Waals surface area contributed by atoms with E-state index in [4.69, 9.17) is 11.6 Å². The molecular formula is C14H12BrClFN. The Kier molecular flexibility index (Phi) is 4.38. The van der Waals surface area contributed by atoms with Gasteiger partial charge < -0.3 is 5.32 Å². The van der Waals surface area contributed by atoms with E-state index in [9.17, 15) is 4.39 Å². The molecule has 0 bridgehead atoms. The lowest BCUT2D eigenvalue weighted by Gasteiger charge is -2.19. The van der Waals surface area contributed by atoms with Gasteiger partial charge in [-0.1, -0.05) is 39.7 Å². The molecule has 0 amide bonds. The molecule has 0 aliphatic rings. The van der Waals surface area contributed by atoms with Crippen LogP contribution in [0.2, 0.25) is 5.02 Å². The largest absolute Gasteiger partial charge is 0.309 e.